The summed E-state index contributed by atoms with van der Waals surface area (Å²) >= 11 is 2.64. The maximum atomic E-state index is 13.4. The molecule has 1 aliphatic heterocycles. The first-order valence-corrected chi connectivity index (χ1v) is 12.8. The molecular formula is C24H24N4O3S2. The minimum absolute atomic E-state index is 0.0142. The van der Waals surface area contributed by atoms with Crippen molar-refractivity contribution < 1.29 is 9.53 Å². The van der Waals surface area contributed by atoms with Crippen molar-refractivity contribution in [1.29, 1.82) is 0 Å². The van der Waals surface area contributed by atoms with Crippen molar-refractivity contribution in [1.82, 2.24) is 14.5 Å². The fourth-order valence-corrected chi connectivity index (χ4v) is 5.79. The summed E-state index contributed by atoms with van der Waals surface area (Å²) in [6.45, 7) is 3.24. The van der Waals surface area contributed by atoms with E-state index in [0.29, 0.717) is 28.5 Å². The number of pyridine rings is 1. The Labute approximate surface area is 199 Å². The average Bonchev–Trinajstić information content (AvgIpc) is 3.48. The maximum absolute atomic E-state index is 13.4. The van der Waals surface area contributed by atoms with Gasteiger partial charge in [0.2, 0.25) is 5.91 Å². The van der Waals surface area contributed by atoms with Crippen molar-refractivity contribution in [2.45, 2.75) is 44.0 Å². The molecule has 1 saturated heterocycles. The highest BCUT2D eigenvalue weighted by Gasteiger charge is 2.22. The van der Waals surface area contributed by atoms with Gasteiger partial charge in [-0.3, -0.25) is 14.2 Å². The van der Waals surface area contributed by atoms with E-state index in [9.17, 15) is 9.59 Å². The molecule has 7 nitrogen and oxygen atoms in total. The number of thiophene rings is 1. The van der Waals surface area contributed by atoms with E-state index in [4.69, 9.17) is 9.72 Å². The van der Waals surface area contributed by atoms with E-state index in [1.165, 1.54) is 28.7 Å². The van der Waals surface area contributed by atoms with Gasteiger partial charge in [-0.25, -0.2) is 9.97 Å². The molecular weight excluding hydrogens is 456 g/mol. The standard InChI is InChI=1S/C24H24N4O3S2/c1-2-15-7-9-16(10-8-15)26-19(29)14-32-24-27-20-18-6-3-11-25-22(18)33-21(20)23(30)28(24)13-17-5-4-12-31-17/h3,6-11,17H,2,4-5,12-14H2,1H3,(H,26,29)/t17-/m1/s1. The number of rotatable bonds is 7. The number of benzene rings is 1. The molecule has 0 radical (unpaired) electrons. The molecule has 0 bridgehead atoms. The number of aromatic nitrogens is 3. The molecule has 1 N–H and O–H groups in total. The third-order valence-electron chi connectivity index (χ3n) is 5.71. The van der Waals surface area contributed by atoms with E-state index in [2.05, 4.69) is 17.2 Å². The van der Waals surface area contributed by atoms with E-state index < -0.39 is 0 Å². The molecule has 1 atom stereocenters. The molecule has 9 heteroatoms. The SMILES string of the molecule is CCc1ccc(NC(=O)CSc2nc3c(sc4ncccc43)c(=O)n2C[C@H]2CCCO2)cc1. The lowest BCUT2D eigenvalue weighted by atomic mass is 10.1. The lowest BCUT2D eigenvalue weighted by Crippen LogP contribution is -2.28. The van der Waals surface area contributed by atoms with Crippen molar-refractivity contribution in [2.24, 2.45) is 0 Å². The zero-order valence-electron chi connectivity index (χ0n) is 18.2. The summed E-state index contributed by atoms with van der Waals surface area (Å²) in [5, 5.41) is 4.32. The number of ether oxygens (including phenoxy) is 1. The molecule has 5 rings (SSSR count). The fraction of sp³-hybridized carbons (Fsp3) is 0.333. The number of anilines is 1. The Morgan fingerprint density at radius 2 is 2.15 bits per heavy atom. The van der Waals surface area contributed by atoms with Crippen LogP contribution in [0.25, 0.3) is 20.4 Å². The third kappa shape index (κ3) is 4.66. The highest BCUT2D eigenvalue weighted by atomic mass is 32.2. The lowest BCUT2D eigenvalue weighted by Gasteiger charge is -2.15. The molecule has 0 spiro atoms. The van der Waals surface area contributed by atoms with Crippen LogP contribution in [0.4, 0.5) is 5.69 Å². The van der Waals surface area contributed by atoms with Gasteiger partial charge in [-0.15, -0.1) is 11.3 Å². The fourth-order valence-electron chi connectivity index (χ4n) is 3.96. The van der Waals surface area contributed by atoms with Crippen molar-refractivity contribution in [2.75, 3.05) is 17.7 Å². The smallest absolute Gasteiger partial charge is 0.272 e. The monoisotopic (exact) mass is 480 g/mol. The first-order valence-electron chi connectivity index (χ1n) is 11.0. The summed E-state index contributed by atoms with van der Waals surface area (Å²) in [5.74, 6) is 0.0124. The van der Waals surface area contributed by atoms with Crippen LogP contribution in [-0.2, 0) is 22.5 Å². The van der Waals surface area contributed by atoms with Crippen LogP contribution in [0.15, 0.2) is 52.5 Å². The van der Waals surface area contributed by atoms with Crippen LogP contribution in [0.2, 0.25) is 0 Å². The lowest BCUT2D eigenvalue weighted by molar-refractivity contribution is -0.113. The number of carbonyl (C=O) groups excluding carboxylic acids is 1. The molecule has 1 aromatic carbocycles. The van der Waals surface area contributed by atoms with Crippen LogP contribution >= 0.6 is 23.1 Å². The summed E-state index contributed by atoms with van der Waals surface area (Å²) in [7, 11) is 0. The van der Waals surface area contributed by atoms with Crippen molar-refractivity contribution >= 4 is 55.1 Å². The number of thioether (sulfide) groups is 1. The summed E-state index contributed by atoms with van der Waals surface area (Å²) in [6, 6.07) is 11.6. The largest absolute Gasteiger partial charge is 0.376 e. The molecule has 0 aliphatic carbocycles. The number of nitrogens with zero attached hydrogens (tertiary/aromatic N) is 3. The van der Waals surface area contributed by atoms with Gasteiger partial charge in [-0.1, -0.05) is 30.8 Å². The van der Waals surface area contributed by atoms with Crippen LogP contribution in [0.1, 0.15) is 25.3 Å². The van der Waals surface area contributed by atoms with Crippen LogP contribution in [0, 0.1) is 0 Å². The Bertz CT molecular complexity index is 1360. The quantitative estimate of drug-likeness (QED) is 0.310. The molecule has 1 aliphatic rings. The first kappa shape index (κ1) is 22.1. The third-order valence-corrected chi connectivity index (χ3v) is 7.77. The summed E-state index contributed by atoms with van der Waals surface area (Å²) < 4.78 is 8.03. The van der Waals surface area contributed by atoms with Gasteiger partial charge in [0.05, 0.1) is 23.9 Å². The minimum Gasteiger partial charge on any atom is -0.376 e. The number of hydrogen-bond acceptors (Lipinski definition) is 7. The van der Waals surface area contributed by atoms with Gasteiger partial charge in [0, 0.05) is 23.9 Å². The number of aryl methyl sites for hydroxylation is 1. The summed E-state index contributed by atoms with van der Waals surface area (Å²) in [6.07, 6.45) is 4.56. The normalized spacial score (nSPS) is 16.0. The zero-order valence-corrected chi connectivity index (χ0v) is 19.9. The Morgan fingerprint density at radius 3 is 2.91 bits per heavy atom. The Hall–Kier alpha value is -2.75. The Morgan fingerprint density at radius 1 is 1.30 bits per heavy atom. The number of carbonyl (C=O) groups is 1. The molecule has 4 aromatic rings. The molecule has 33 heavy (non-hydrogen) atoms. The number of hydrogen-bond donors (Lipinski definition) is 1. The van der Waals surface area contributed by atoms with E-state index in [0.717, 1.165) is 35.2 Å². The Balaban J connectivity index is 1.43. The molecule has 3 aromatic heterocycles. The molecule has 170 valence electrons. The van der Waals surface area contributed by atoms with Crippen LogP contribution < -0.4 is 10.9 Å². The second-order valence-electron chi connectivity index (χ2n) is 7.97. The minimum atomic E-state index is -0.140. The zero-order chi connectivity index (χ0) is 22.8. The van der Waals surface area contributed by atoms with E-state index in [1.54, 1.807) is 10.8 Å². The number of fused-ring (bicyclic) bond motifs is 3. The second kappa shape index (κ2) is 9.62. The van der Waals surface area contributed by atoms with Gasteiger partial charge < -0.3 is 10.1 Å². The molecule has 1 fully saturated rings. The number of nitrogens with one attached hydrogen (secondary N) is 1. The Kier molecular flexibility index (Phi) is 6.43. The van der Waals surface area contributed by atoms with Crippen molar-refractivity contribution in [3.63, 3.8) is 0 Å². The molecule has 0 unspecified atom stereocenters. The summed E-state index contributed by atoms with van der Waals surface area (Å²) in [5.41, 5.74) is 2.52. The van der Waals surface area contributed by atoms with E-state index in [-0.39, 0.29) is 23.3 Å². The highest BCUT2D eigenvalue weighted by molar-refractivity contribution is 7.99. The highest BCUT2D eigenvalue weighted by Crippen LogP contribution is 2.31. The summed E-state index contributed by atoms with van der Waals surface area (Å²) in [4.78, 5) is 36.1. The van der Waals surface area contributed by atoms with Gasteiger partial charge in [-0.05, 0) is 49.1 Å². The molecule has 4 heterocycles. The van der Waals surface area contributed by atoms with Crippen LogP contribution in [0.5, 0.6) is 0 Å². The van der Waals surface area contributed by atoms with Gasteiger partial charge in [0.15, 0.2) is 5.16 Å². The predicted molar refractivity (Wildman–Crippen MR) is 133 cm³/mol. The average molecular weight is 481 g/mol. The van der Waals surface area contributed by atoms with Crippen molar-refractivity contribution in [3.05, 3.63) is 58.5 Å². The molecule has 1 amide bonds. The second-order valence-corrected chi connectivity index (χ2v) is 9.91. The van der Waals surface area contributed by atoms with Gasteiger partial charge >= 0.3 is 0 Å². The van der Waals surface area contributed by atoms with E-state index in [1.807, 2.05) is 36.4 Å². The predicted octanol–water partition coefficient (Wildman–Crippen LogP) is 4.48. The van der Waals surface area contributed by atoms with Crippen LogP contribution in [0.3, 0.4) is 0 Å². The van der Waals surface area contributed by atoms with Gasteiger partial charge in [0.25, 0.3) is 5.56 Å². The number of amides is 1. The van der Waals surface area contributed by atoms with Crippen molar-refractivity contribution in [3.8, 4) is 0 Å². The molecule has 0 saturated carbocycles. The first-order chi connectivity index (χ1) is 16.1. The topological polar surface area (TPSA) is 86.1 Å². The van der Waals surface area contributed by atoms with E-state index >= 15 is 0 Å². The van der Waals surface area contributed by atoms with Crippen LogP contribution in [-0.4, -0.2) is 38.9 Å². The van der Waals surface area contributed by atoms with Gasteiger partial charge in [-0.2, -0.15) is 0 Å². The maximum Gasteiger partial charge on any atom is 0.272 e. The van der Waals surface area contributed by atoms with Gasteiger partial charge in [0.1, 0.15) is 9.53 Å².